The molecule has 3 heteroatoms. The molecular weight excluding hydrogens is 206 g/mol. The van der Waals surface area contributed by atoms with E-state index >= 15 is 0 Å². The van der Waals surface area contributed by atoms with E-state index < -0.39 is 11.4 Å². The third kappa shape index (κ3) is 2.39. The second-order valence-corrected chi connectivity index (χ2v) is 4.26. The van der Waals surface area contributed by atoms with Crippen LogP contribution in [0.2, 0.25) is 0 Å². The normalized spacial score (nSPS) is 12.4. The molecule has 2 aromatic carbocycles. The highest BCUT2D eigenvalue weighted by atomic mass is 32.2. The molecule has 1 atom stereocenters. The second kappa shape index (κ2) is 4.49. The van der Waals surface area contributed by atoms with E-state index in [0.29, 0.717) is 4.90 Å². The van der Waals surface area contributed by atoms with Crippen LogP contribution in [0.15, 0.2) is 59.5 Å². The Balaban J connectivity index is 2.42. The summed E-state index contributed by atoms with van der Waals surface area (Å²) >= 11 is -1.41. The minimum Gasteiger partial charge on any atom is -0.593 e. The molecule has 2 nitrogen and oxygen atoms in total. The summed E-state index contributed by atoms with van der Waals surface area (Å²) in [4.78, 5) is 0.649. The van der Waals surface area contributed by atoms with Crippen LogP contribution in [0.1, 0.15) is 0 Å². The van der Waals surface area contributed by atoms with E-state index in [1.165, 1.54) is 0 Å². The molecule has 0 aliphatic carbocycles. The van der Waals surface area contributed by atoms with Crippen LogP contribution >= 0.6 is 0 Å². The van der Waals surface area contributed by atoms with Crippen LogP contribution in [-0.4, -0.2) is 4.55 Å². The Hall–Kier alpha value is -1.29. The number of rotatable bonds is 2. The first kappa shape index (κ1) is 10.2. The Labute approximate surface area is 92.1 Å². The van der Waals surface area contributed by atoms with Gasteiger partial charge in [0.2, 0.25) is 0 Å². The lowest BCUT2D eigenvalue weighted by molar-refractivity contribution is 0.597. The molecule has 0 saturated carbocycles. The molecule has 0 bridgehead atoms. The summed E-state index contributed by atoms with van der Waals surface area (Å²) < 4.78 is 11.1. The Kier molecular flexibility index (Phi) is 3.06. The number of hydrogen-bond donors (Lipinski definition) is 1. The van der Waals surface area contributed by atoms with Gasteiger partial charge in [-0.25, -0.2) is 0 Å². The van der Waals surface area contributed by atoms with Crippen molar-refractivity contribution >= 4 is 11.4 Å². The third-order valence-corrected chi connectivity index (χ3v) is 2.89. The fourth-order valence-electron chi connectivity index (χ4n) is 1.43. The van der Waals surface area contributed by atoms with E-state index in [1.807, 2.05) is 48.5 Å². The molecular formula is C12H11NOS. The van der Waals surface area contributed by atoms with Gasteiger partial charge in [-0.3, -0.25) is 0 Å². The van der Waals surface area contributed by atoms with E-state index in [-0.39, 0.29) is 0 Å². The molecule has 0 fully saturated rings. The average molecular weight is 217 g/mol. The highest BCUT2D eigenvalue weighted by Gasteiger charge is 2.06. The molecule has 0 aliphatic rings. The summed E-state index contributed by atoms with van der Waals surface area (Å²) in [5, 5.41) is 5.33. The summed E-state index contributed by atoms with van der Waals surface area (Å²) in [6.45, 7) is 0. The van der Waals surface area contributed by atoms with Crippen LogP contribution in [0.3, 0.4) is 0 Å². The smallest absolute Gasteiger partial charge is 0.174 e. The summed E-state index contributed by atoms with van der Waals surface area (Å²) in [6, 6.07) is 17.4. The van der Waals surface area contributed by atoms with E-state index in [9.17, 15) is 4.55 Å². The van der Waals surface area contributed by atoms with Gasteiger partial charge in [0.25, 0.3) is 0 Å². The molecule has 0 aliphatic heterocycles. The van der Waals surface area contributed by atoms with Crippen molar-refractivity contribution in [3.8, 4) is 11.1 Å². The molecule has 15 heavy (non-hydrogen) atoms. The van der Waals surface area contributed by atoms with Crippen molar-refractivity contribution < 1.29 is 4.55 Å². The lowest BCUT2D eigenvalue weighted by Gasteiger charge is -2.05. The van der Waals surface area contributed by atoms with Crippen LogP contribution in [0.5, 0.6) is 0 Å². The molecule has 2 N–H and O–H groups in total. The SMILES string of the molecule is N[S+]([O-])c1cccc(-c2ccccc2)c1. The van der Waals surface area contributed by atoms with Crippen molar-refractivity contribution in [3.63, 3.8) is 0 Å². The van der Waals surface area contributed by atoms with Crippen molar-refractivity contribution in [1.82, 2.24) is 0 Å². The Morgan fingerprint density at radius 3 is 2.20 bits per heavy atom. The lowest BCUT2D eigenvalue weighted by Crippen LogP contribution is -2.11. The number of hydrogen-bond acceptors (Lipinski definition) is 2. The first-order chi connectivity index (χ1) is 7.27. The van der Waals surface area contributed by atoms with Gasteiger partial charge in [0, 0.05) is 6.07 Å². The summed E-state index contributed by atoms with van der Waals surface area (Å²) in [7, 11) is 0. The molecule has 76 valence electrons. The highest BCUT2D eigenvalue weighted by molar-refractivity contribution is 7.89. The molecule has 0 aromatic heterocycles. The maximum Gasteiger partial charge on any atom is 0.174 e. The Morgan fingerprint density at radius 2 is 1.53 bits per heavy atom. The fraction of sp³-hybridized carbons (Fsp3) is 0. The maximum atomic E-state index is 11.1. The molecule has 0 spiro atoms. The molecule has 0 amide bonds. The maximum absolute atomic E-state index is 11.1. The average Bonchev–Trinajstić information content (AvgIpc) is 2.30. The van der Waals surface area contributed by atoms with E-state index in [0.717, 1.165) is 11.1 Å². The van der Waals surface area contributed by atoms with Crippen molar-refractivity contribution in [2.24, 2.45) is 5.14 Å². The van der Waals surface area contributed by atoms with E-state index in [1.54, 1.807) is 6.07 Å². The minimum absolute atomic E-state index is 0.649. The standard InChI is InChI=1S/C12H11NOS/c13-15(14)12-8-4-7-11(9-12)10-5-2-1-3-6-10/h1-9H,13H2. The molecule has 1 unspecified atom stereocenters. The molecule has 2 aromatic rings. The quantitative estimate of drug-likeness (QED) is 0.785. The molecule has 0 heterocycles. The predicted molar refractivity (Wildman–Crippen MR) is 62.5 cm³/mol. The third-order valence-electron chi connectivity index (χ3n) is 2.17. The predicted octanol–water partition coefficient (Wildman–Crippen LogP) is 2.33. The van der Waals surface area contributed by atoms with Gasteiger partial charge < -0.3 is 4.55 Å². The van der Waals surface area contributed by atoms with Crippen LogP contribution in [0, 0.1) is 0 Å². The second-order valence-electron chi connectivity index (χ2n) is 3.19. The van der Waals surface area contributed by atoms with Gasteiger partial charge in [0.05, 0.1) is 11.4 Å². The lowest BCUT2D eigenvalue weighted by atomic mass is 10.1. The van der Waals surface area contributed by atoms with E-state index in [2.05, 4.69) is 0 Å². The summed E-state index contributed by atoms with van der Waals surface area (Å²) in [6.07, 6.45) is 0. The van der Waals surface area contributed by atoms with Crippen LogP contribution in [0.25, 0.3) is 11.1 Å². The van der Waals surface area contributed by atoms with Crippen LogP contribution in [-0.2, 0) is 11.4 Å². The van der Waals surface area contributed by atoms with Gasteiger partial charge in [0.1, 0.15) is 0 Å². The zero-order valence-electron chi connectivity index (χ0n) is 8.09. The molecule has 2 rings (SSSR count). The molecule has 0 radical (unpaired) electrons. The van der Waals surface area contributed by atoms with Gasteiger partial charge in [0.15, 0.2) is 4.90 Å². The van der Waals surface area contributed by atoms with Gasteiger partial charge in [-0.15, -0.1) is 5.14 Å². The van der Waals surface area contributed by atoms with Crippen LogP contribution in [0.4, 0.5) is 0 Å². The van der Waals surface area contributed by atoms with Crippen molar-refractivity contribution in [3.05, 3.63) is 54.6 Å². The highest BCUT2D eigenvalue weighted by Crippen LogP contribution is 2.21. The minimum atomic E-state index is -1.41. The summed E-state index contributed by atoms with van der Waals surface area (Å²) in [5.41, 5.74) is 2.14. The van der Waals surface area contributed by atoms with Crippen LogP contribution < -0.4 is 5.14 Å². The Bertz CT molecular complexity index is 442. The van der Waals surface area contributed by atoms with Gasteiger partial charge in [-0.2, -0.15) is 0 Å². The van der Waals surface area contributed by atoms with Gasteiger partial charge >= 0.3 is 0 Å². The van der Waals surface area contributed by atoms with Crippen molar-refractivity contribution in [1.29, 1.82) is 0 Å². The molecule has 0 saturated heterocycles. The monoisotopic (exact) mass is 217 g/mol. The topological polar surface area (TPSA) is 49.1 Å². The number of nitrogens with two attached hydrogens (primary N) is 1. The zero-order valence-corrected chi connectivity index (χ0v) is 8.91. The van der Waals surface area contributed by atoms with E-state index in [4.69, 9.17) is 5.14 Å². The van der Waals surface area contributed by atoms with Gasteiger partial charge in [-0.1, -0.05) is 42.5 Å². The van der Waals surface area contributed by atoms with Crippen molar-refractivity contribution in [2.75, 3.05) is 0 Å². The van der Waals surface area contributed by atoms with Gasteiger partial charge in [-0.05, 0) is 17.2 Å². The fourth-order valence-corrected chi connectivity index (χ4v) is 1.89. The number of benzene rings is 2. The summed E-state index contributed by atoms with van der Waals surface area (Å²) in [5.74, 6) is 0. The first-order valence-electron chi connectivity index (χ1n) is 4.59. The first-order valence-corrected chi connectivity index (χ1v) is 5.80. The Morgan fingerprint density at radius 1 is 0.867 bits per heavy atom. The largest absolute Gasteiger partial charge is 0.593 e. The zero-order chi connectivity index (χ0) is 10.7. The van der Waals surface area contributed by atoms with Crippen molar-refractivity contribution in [2.45, 2.75) is 4.90 Å².